The first-order valence-electron chi connectivity index (χ1n) is 8.98. The number of rotatable bonds is 5. The third-order valence-corrected chi connectivity index (χ3v) is 5.27. The van der Waals surface area contributed by atoms with E-state index in [1.54, 1.807) is 36.0 Å². The van der Waals surface area contributed by atoms with Gasteiger partial charge in [0, 0.05) is 30.3 Å². The number of carbonyl (C=O) groups is 1. The van der Waals surface area contributed by atoms with E-state index in [2.05, 4.69) is 31.7 Å². The molecule has 144 valence electrons. The van der Waals surface area contributed by atoms with Crippen LogP contribution in [0.25, 0.3) is 0 Å². The van der Waals surface area contributed by atoms with Gasteiger partial charge < -0.3 is 19.5 Å². The minimum absolute atomic E-state index is 0.0740. The van der Waals surface area contributed by atoms with Crippen LogP contribution in [0.15, 0.2) is 35.5 Å². The molecule has 0 unspecified atom stereocenters. The first-order chi connectivity index (χ1) is 12.8. The molecule has 1 aromatic carbocycles. The van der Waals surface area contributed by atoms with Crippen molar-refractivity contribution in [1.29, 1.82) is 0 Å². The second-order valence-electron chi connectivity index (χ2n) is 7.52. The molecule has 27 heavy (non-hydrogen) atoms. The van der Waals surface area contributed by atoms with E-state index in [1.165, 1.54) is 0 Å². The quantitative estimate of drug-likeness (QED) is 0.576. The number of aromatic nitrogens is 2. The Morgan fingerprint density at radius 2 is 1.85 bits per heavy atom. The van der Waals surface area contributed by atoms with Gasteiger partial charge in [0.25, 0.3) is 0 Å². The molecule has 2 aromatic rings. The molecule has 0 N–H and O–H groups in total. The number of carboxylic acid groups (broad SMARTS) is 1. The van der Waals surface area contributed by atoms with Crippen LogP contribution in [0.2, 0.25) is 0 Å². The summed E-state index contributed by atoms with van der Waals surface area (Å²) in [7, 11) is 0. The Balaban J connectivity index is 1.79. The van der Waals surface area contributed by atoms with Crippen LogP contribution >= 0.6 is 11.8 Å². The summed E-state index contributed by atoms with van der Waals surface area (Å²) < 4.78 is 5.44. The molecule has 1 aromatic heterocycles. The summed E-state index contributed by atoms with van der Waals surface area (Å²) in [6, 6.07) is 8.81. The molecule has 6 nitrogen and oxygen atoms in total. The van der Waals surface area contributed by atoms with E-state index in [9.17, 15) is 9.90 Å². The predicted octanol–water partition coefficient (Wildman–Crippen LogP) is 2.27. The maximum atomic E-state index is 10.9. The summed E-state index contributed by atoms with van der Waals surface area (Å²) in [5.41, 5.74) is 2.14. The monoisotopic (exact) mass is 386 g/mol. The van der Waals surface area contributed by atoms with Gasteiger partial charge in [-0.1, -0.05) is 56.8 Å². The van der Waals surface area contributed by atoms with Gasteiger partial charge in [-0.05, 0) is 11.1 Å². The highest BCUT2D eigenvalue weighted by molar-refractivity contribution is 7.98. The zero-order valence-corrected chi connectivity index (χ0v) is 16.7. The molecule has 1 aliphatic rings. The van der Waals surface area contributed by atoms with Crippen molar-refractivity contribution in [3.05, 3.63) is 47.2 Å². The maximum absolute atomic E-state index is 10.9. The van der Waals surface area contributed by atoms with Crippen molar-refractivity contribution >= 4 is 23.5 Å². The third kappa shape index (κ3) is 5.20. The first kappa shape index (κ1) is 19.6. The largest absolute Gasteiger partial charge is 0.545 e. The fraction of sp³-hybridized carbons (Fsp3) is 0.450. The van der Waals surface area contributed by atoms with Gasteiger partial charge in [-0.15, -0.1) is 0 Å². The lowest BCUT2D eigenvalue weighted by molar-refractivity contribution is -0.255. The molecule has 0 atom stereocenters. The summed E-state index contributed by atoms with van der Waals surface area (Å²) in [6.45, 7) is 9.51. The molecule has 1 aliphatic heterocycles. The Morgan fingerprint density at radius 1 is 1.19 bits per heavy atom. The number of nitrogens with zero attached hydrogens (tertiary/aromatic N) is 3. The van der Waals surface area contributed by atoms with E-state index in [4.69, 9.17) is 14.7 Å². The van der Waals surface area contributed by atoms with Crippen LogP contribution in [0.4, 0.5) is 5.82 Å². The zero-order valence-electron chi connectivity index (χ0n) is 15.9. The summed E-state index contributed by atoms with van der Waals surface area (Å²) >= 11 is 1.55. The summed E-state index contributed by atoms with van der Waals surface area (Å²) in [5, 5.41) is 11.6. The SMILES string of the molecule is CC(C)(C)c1cc(N2CCOCC2)nc(SCc2ccc(C(=O)[O-])cc2)n1. The Bertz CT molecular complexity index is 797. The normalized spacial score (nSPS) is 15.0. The van der Waals surface area contributed by atoms with Crippen LogP contribution in [0.1, 0.15) is 42.4 Å². The van der Waals surface area contributed by atoms with Crippen molar-refractivity contribution in [2.75, 3.05) is 31.2 Å². The Kier molecular flexibility index (Phi) is 6.01. The van der Waals surface area contributed by atoms with E-state index in [0.29, 0.717) is 19.0 Å². The van der Waals surface area contributed by atoms with Crippen LogP contribution in [0, 0.1) is 0 Å². The zero-order chi connectivity index (χ0) is 19.4. The van der Waals surface area contributed by atoms with Crippen LogP contribution in [-0.2, 0) is 15.9 Å². The Morgan fingerprint density at radius 3 is 2.44 bits per heavy atom. The van der Waals surface area contributed by atoms with Crippen molar-refractivity contribution in [2.24, 2.45) is 0 Å². The van der Waals surface area contributed by atoms with Crippen LogP contribution in [0.5, 0.6) is 0 Å². The first-order valence-corrected chi connectivity index (χ1v) is 9.97. The highest BCUT2D eigenvalue weighted by Gasteiger charge is 2.21. The molecule has 0 spiro atoms. The van der Waals surface area contributed by atoms with Crippen molar-refractivity contribution in [2.45, 2.75) is 37.1 Å². The van der Waals surface area contributed by atoms with E-state index in [-0.39, 0.29) is 11.0 Å². The number of aromatic carboxylic acids is 1. The number of thioether (sulfide) groups is 1. The Hall–Kier alpha value is -2.12. The molecule has 0 amide bonds. The van der Waals surface area contributed by atoms with Crippen LogP contribution in [0.3, 0.4) is 0 Å². The number of anilines is 1. The number of ether oxygens (including phenoxy) is 1. The van der Waals surface area contributed by atoms with Crippen molar-refractivity contribution in [3.8, 4) is 0 Å². The topological polar surface area (TPSA) is 78.4 Å². The standard InChI is InChI=1S/C20H25N3O3S/c1-20(2,3)16-12-17(23-8-10-26-11-9-23)22-19(21-16)27-13-14-4-6-15(7-5-14)18(24)25/h4-7,12H,8-11,13H2,1-3H3,(H,24,25)/p-1. The maximum Gasteiger partial charge on any atom is 0.190 e. The van der Waals surface area contributed by atoms with Crippen LogP contribution < -0.4 is 10.0 Å². The molecule has 1 fully saturated rings. The van der Waals surface area contributed by atoms with E-state index in [1.807, 2.05) is 0 Å². The summed E-state index contributed by atoms with van der Waals surface area (Å²) in [6.07, 6.45) is 0. The second kappa shape index (κ2) is 8.27. The van der Waals surface area contributed by atoms with E-state index >= 15 is 0 Å². The van der Waals surface area contributed by atoms with E-state index in [0.717, 1.165) is 35.3 Å². The van der Waals surface area contributed by atoms with Gasteiger partial charge >= 0.3 is 0 Å². The number of carbonyl (C=O) groups excluding carboxylic acids is 1. The molecule has 3 rings (SSSR count). The number of hydrogen-bond donors (Lipinski definition) is 0. The highest BCUT2D eigenvalue weighted by atomic mass is 32.2. The molecule has 1 saturated heterocycles. The average Bonchev–Trinajstić information content (AvgIpc) is 2.66. The fourth-order valence-corrected chi connectivity index (χ4v) is 3.51. The smallest absolute Gasteiger partial charge is 0.190 e. The van der Waals surface area contributed by atoms with Crippen molar-refractivity contribution in [1.82, 2.24) is 9.97 Å². The van der Waals surface area contributed by atoms with Gasteiger partial charge in [0.05, 0.1) is 24.9 Å². The molecule has 0 bridgehead atoms. The second-order valence-corrected chi connectivity index (χ2v) is 8.46. The lowest BCUT2D eigenvalue weighted by Gasteiger charge is -2.29. The van der Waals surface area contributed by atoms with Gasteiger partial charge in [-0.3, -0.25) is 0 Å². The highest BCUT2D eigenvalue weighted by Crippen LogP contribution is 2.28. The third-order valence-electron chi connectivity index (χ3n) is 4.35. The number of morpholine rings is 1. The number of benzene rings is 1. The molecule has 0 radical (unpaired) electrons. The summed E-state index contributed by atoms with van der Waals surface area (Å²) in [4.78, 5) is 22.6. The van der Waals surface area contributed by atoms with Gasteiger partial charge in [-0.25, -0.2) is 9.97 Å². The predicted molar refractivity (Wildman–Crippen MR) is 104 cm³/mol. The molecule has 0 saturated carbocycles. The van der Waals surface area contributed by atoms with Gasteiger partial charge in [0.2, 0.25) is 0 Å². The minimum atomic E-state index is -1.16. The lowest BCUT2D eigenvalue weighted by atomic mass is 9.92. The molecular formula is C20H24N3O3S-. The molecule has 7 heteroatoms. The summed E-state index contributed by atoms with van der Waals surface area (Å²) in [5.74, 6) is 0.447. The van der Waals surface area contributed by atoms with Gasteiger partial charge in [-0.2, -0.15) is 0 Å². The Labute approximate surface area is 164 Å². The number of hydrogen-bond acceptors (Lipinski definition) is 7. The van der Waals surface area contributed by atoms with Crippen molar-refractivity contribution < 1.29 is 14.6 Å². The van der Waals surface area contributed by atoms with Crippen molar-refractivity contribution in [3.63, 3.8) is 0 Å². The van der Waals surface area contributed by atoms with Crippen LogP contribution in [-0.4, -0.2) is 42.2 Å². The van der Waals surface area contributed by atoms with Gasteiger partial charge in [0.15, 0.2) is 5.16 Å². The average molecular weight is 386 g/mol. The van der Waals surface area contributed by atoms with Gasteiger partial charge in [0.1, 0.15) is 5.82 Å². The van der Waals surface area contributed by atoms with E-state index < -0.39 is 5.97 Å². The fourth-order valence-electron chi connectivity index (χ4n) is 2.70. The minimum Gasteiger partial charge on any atom is -0.545 e. The lowest BCUT2D eigenvalue weighted by Crippen LogP contribution is -2.37. The molecule has 0 aliphatic carbocycles. The number of carboxylic acids is 1. The molecular weight excluding hydrogens is 362 g/mol. The molecule has 2 heterocycles.